The van der Waals surface area contributed by atoms with Crippen molar-refractivity contribution in [1.82, 2.24) is 0 Å². The molecule has 0 N–H and O–H groups in total. The van der Waals surface area contributed by atoms with Crippen molar-refractivity contribution >= 4 is 15.9 Å². The van der Waals surface area contributed by atoms with Crippen molar-refractivity contribution in [1.29, 1.82) is 0 Å². The molecular weight excluding hydrogens is 266 g/mol. The van der Waals surface area contributed by atoms with E-state index in [-0.39, 0.29) is 6.10 Å². The topological polar surface area (TPSA) is 9.23 Å². The number of alkyl halides is 3. The zero-order valence-electron chi connectivity index (χ0n) is 8.42. The summed E-state index contributed by atoms with van der Waals surface area (Å²) in [5.41, 5.74) is 2.02. The predicted octanol–water partition coefficient (Wildman–Crippen LogP) is 3.71. The zero-order valence-corrected chi connectivity index (χ0v) is 10.0. The molecular formula is C11H13BrF2O. The molecule has 0 amide bonds. The van der Waals surface area contributed by atoms with Crippen LogP contribution >= 0.6 is 15.9 Å². The van der Waals surface area contributed by atoms with Gasteiger partial charge in [-0.25, -0.2) is 8.78 Å². The standard InChI is InChI=1S/C11H13BrF2O/c1-8-3-2-4-9(5-8)10(6-12)15-7-11(13)14/h2-5,10-11H,6-7H2,1H3. The molecule has 1 aromatic carbocycles. The van der Waals surface area contributed by atoms with Crippen LogP contribution < -0.4 is 0 Å². The van der Waals surface area contributed by atoms with Crippen LogP contribution in [0, 0.1) is 6.92 Å². The number of hydrogen-bond acceptors (Lipinski definition) is 1. The lowest BCUT2D eigenvalue weighted by Crippen LogP contribution is -2.11. The molecule has 1 unspecified atom stereocenters. The molecule has 0 aliphatic rings. The van der Waals surface area contributed by atoms with Gasteiger partial charge in [-0.05, 0) is 12.5 Å². The molecule has 0 aromatic heterocycles. The Balaban J connectivity index is 2.65. The number of benzene rings is 1. The monoisotopic (exact) mass is 278 g/mol. The summed E-state index contributed by atoms with van der Waals surface area (Å²) in [6.45, 7) is 1.44. The fraction of sp³-hybridized carbons (Fsp3) is 0.455. The summed E-state index contributed by atoms with van der Waals surface area (Å²) >= 11 is 3.26. The quantitative estimate of drug-likeness (QED) is 0.746. The van der Waals surface area contributed by atoms with Gasteiger partial charge in [-0.1, -0.05) is 45.8 Å². The summed E-state index contributed by atoms with van der Waals surface area (Å²) in [6.07, 6.45) is -2.73. The molecule has 84 valence electrons. The third-order valence-corrected chi connectivity index (χ3v) is 2.57. The SMILES string of the molecule is Cc1cccc(C(CBr)OCC(F)F)c1. The van der Waals surface area contributed by atoms with E-state index in [1.807, 2.05) is 31.2 Å². The molecule has 0 aliphatic heterocycles. The summed E-state index contributed by atoms with van der Waals surface area (Å²) < 4.78 is 29.1. The van der Waals surface area contributed by atoms with E-state index < -0.39 is 13.0 Å². The van der Waals surface area contributed by atoms with E-state index in [4.69, 9.17) is 4.74 Å². The molecule has 4 heteroatoms. The number of halogens is 3. The first-order chi connectivity index (χ1) is 7.13. The normalized spacial score (nSPS) is 13.1. The van der Waals surface area contributed by atoms with Crippen LogP contribution in [0.3, 0.4) is 0 Å². The second-order valence-electron chi connectivity index (χ2n) is 3.28. The van der Waals surface area contributed by atoms with Crippen molar-refractivity contribution < 1.29 is 13.5 Å². The maximum absolute atomic E-state index is 12.0. The summed E-state index contributed by atoms with van der Waals surface area (Å²) in [5.74, 6) is 0. The molecule has 0 saturated heterocycles. The number of aryl methyl sites for hydroxylation is 1. The predicted molar refractivity (Wildman–Crippen MR) is 59.7 cm³/mol. The van der Waals surface area contributed by atoms with Crippen LogP contribution in [0.4, 0.5) is 8.78 Å². The average molecular weight is 279 g/mol. The van der Waals surface area contributed by atoms with Crippen LogP contribution in [0.25, 0.3) is 0 Å². The van der Waals surface area contributed by atoms with Gasteiger partial charge in [0.15, 0.2) is 0 Å². The van der Waals surface area contributed by atoms with Crippen molar-refractivity contribution in [3.05, 3.63) is 35.4 Å². The molecule has 0 spiro atoms. The largest absolute Gasteiger partial charge is 0.367 e. The zero-order chi connectivity index (χ0) is 11.3. The molecule has 1 nitrogen and oxygen atoms in total. The average Bonchev–Trinajstić information content (AvgIpc) is 2.18. The van der Waals surface area contributed by atoms with E-state index in [0.717, 1.165) is 11.1 Å². The van der Waals surface area contributed by atoms with E-state index in [9.17, 15) is 8.78 Å². The van der Waals surface area contributed by atoms with Gasteiger partial charge in [0.05, 0.1) is 6.10 Å². The molecule has 15 heavy (non-hydrogen) atoms. The van der Waals surface area contributed by atoms with Crippen LogP contribution in [-0.4, -0.2) is 18.4 Å². The third kappa shape index (κ3) is 4.26. The van der Waals surface area contributed by atoms with E-state index in [2.05, 4.69) is 15.9 Å². The number of ether oxygens (including phenoxy) is 1. The Hall–Kier alpha value is -0.480. The third-order valence-electron chi connectivity index (χ3n) is 1.98. The van der Waals surface area contributed by atoms with Gasteiger partial charge >= 0.3 is 0 Å². The number of hydrogen-bond donors (Lipinski definition) is 0. The highest BCUT2D eigenvalue weighted by molar-refractivity contribution is 9.09. The molecule has 0 saturated carbocycles. The highest BCUT2D eigenvalue weighted by Crippen LogP contribution is 2.21. The van der Waals surface area contributed by atoms with Crippen LogP contribution in [0.1, 0.15) is 17.2 Å². The Morgan fingerprint density at radius 3 is 2.67 bits per heavy atom. The summed E-state index contributed by atoms with van der Waals surface area (Å²) in [4.78, 5) is 0. The van der Waals surface area contributed by atoms with E-state index in [0.29, 0.717) is 5.33 Å². The summed E-state index contributed by atoms with van der Waals surface area (Å²) in [5, 5.41) is 0.517. The van der Waals surface area contributed by atoms with Crippen LogP contribution in [0.2, 0.25) is 0 Å². The fourth-order valence-corrected chi connectivity index (χ4v) is 1.85. The lowest BCUT2D eigenvalue weighted by atomic mass is 10.1. The maximum atomic E-state index is 12.0. The molecule has 1 rings (SSSR count). The van der Waals surface area contributed by atoms with Gasteiger partial charge in [0.2, 0.25) is 0 Å². The summed E-state index contributed by atoms with van der Waals surface area (Å²) in [7, 11) is 0. The molecule has 0 radical (unpaired) electrons. The Bertz CT molecular complexity index is 304. The molecule has 0 fully saturated rings. The molecule has 0 heterocycles. The van der Waals surface area contributed by atoms with Gasteiger partial charge in [-0.15, -0.1) is 0 Å². The van der Waals surface area contributed by atoms with Crippen molar-refractivity contribution in [3.63, 3.8) is 0 Å². The smallest absolute Gasteiger partial charge is 0.261 e. The lowest BCUT2D eigenvalue weighted by Gasteiger charge is -2.15. The van der Waals surface area contributed by atoms with Crippen molar-refractivity contribution in [2.45, 2.75) is 19.5 Å². The van der Waals surface area contributed by atoms with Crippen LogP contribution in [-0.2, 0) is 4.74 Å². The van der Waals surface area contributed by atoms with Gasteiger partial charge in [0.1, 0.15) is 6.61 Å². The fourth-order valence-electron chi connectivity index (χ4n) is 1.29. The summed E-state index contributed by atoms with van der Waals surface area (Å²) in [6, 6.07) is 7.68. The van der Waals surface area contributed by atoms with Gasteiger partial charge in [0.25, 0.3) is 6.43 Å². The van der Waals surface area contributed by atoms with E-state index in [1.165, 1.54) is 0 Å². The number of rotatable bonds is 5. The Morgan fingerprint density at radius 2 is 2.13 bits per heavy atom. The van der Waals surface area contributed by atoms with Crippen molar-refractivity contribution in [2.75, 3.05) is 11.9 Å². The van der Waals surface area contributed by atoms with E-state index >= 15 is 0 Å². The highest BCUT2D eigenvalue weighted by atomic mass is 79.9. The maximum Gasteiger partial charge on any atom is 0.261 e. The van der Waals surface area contributed by atoms with Gasteiger partial charge in [-0.3, -0.25) is 0 Å². The first-order valence-corrected chi connectivity index (χ1v) is 5.78. The first kappa shape index (κ1) is 12.6. The first-order valence-electron chi connectivity index (χ1n) is 4.65. The Kier molecular flexibility index (Phi) is 5.19. The van der Waals surface area contributed by atoms with Gasteiger partial charge < -0.3 is 4.74 Å². The molecule has 1 aromatic rings. The minimum Gasteiger partial charge on any atom is -0.367 e. The van der Waals surface area contributed by atoms with Crippen LogP contribution in [0.15, 0.2) is 24.3 Å². The minimum atomic E-state index is -2.42. The van der Waals surface area contributed by atoms with Crippen molar-refractivity contribution in [2.24, 2.45) is 0 Å². The van der Waals surface area contributed by atoms with Crippen molar-refractivity contribution in [3.8, 4) is 0 Å². The molecule has 0 bridgehead atoms. The lowest BCUT2D eigenvalue weighted by molar-refractivity contribution is -0.0159. The highest BCUT2D eigenvalue weighted by Gasteiger charge is 2.13. The Labute approximate surface area is 96.6 Å². The second-order valence-corrected chi connectivity index (χ2v) is 3.93. The minimum absolute atomic E-state index is 0.307. The van der Waals surface area contributed by atoms with E-state index in [1.54, 1.807) is 0 Å². The van der Waals surface area contributed by atoms with Crippen LogP contribution in [0.5, 0.6) is 0 Å². The Morgan fingerprint density at radius 1 is 1.40 bits per heavy atom. The second kappa shape index (κ2) is 6.18. The molecule has 0 aliphatic carbocycles. The molecule has 1 atom stereocenters. The van der Waals surface area contributed by atoms with Gasteiger partial charge in [0, 0.05) is 5.33 Å². The van der Waals surface area contributed by atoms with Gasteiger partial charge in [-0.2, -0.15) is 0 Å².